The van der Waals surface area contributed by atoms with Gasteiger partial charge < -0.3 is 5.32 Å². The highest BCUT2D eigenvalue weighted by atomic mass is 16.1. The van der Waals surface area contributed by atoms with E-state index in [4.69, 9.17) is 0 Å². The first kappa shape index (κ1) is 13.4. The topological polar surface area (TPSA) is 29.1 Å². The van der Waals surface area contributed by atoms with E-state index >= 15 is 0 Å². The summed E-state index contributed by atoms with van der Waals surface area (Å²) in [6.45, 7) is 0. The number of allylic oxidation sites excluding steroid dienone is 2. The van der Waals surface area contributed by atoms with Gasteiger partial charge in [-0.2, -0.15) is 0 Å². The van der Waals surface area contributed by atoms with Gasteiger partial charge >= 0.3 is 0 Å². The molecule has 0 saturated carbocycles. The first-order valence-electron chi connectivity index (χ1n) is 4.84. The minimum atomic E-state index is 0.651. The number of hydrogen-bond acceptors (Lipinski definition) is 2. The molecule has 1 N–H and O–H groups in total. The van der Waals surface area contributed by atoms with Gasteiger partial charge in [-0.25, -0.2) is 4.79 Å². The van der Waals surface area contributed by atoms with Crippen molar-refractivity contribution in [3.8, 4) is 0 Å². The Hall–Kier alpha value is -1.63. The largest absolute Gasteiger partial charge is 0.323 e. The molecule has 1 rings (SSSR count). The second-order valence-electron chi connectivity index (χ2n) is 2.87. The lowest BCUT2D eigenvalue weighted by molar-refractivity contribution is 0.568. The third-order valence-electron chi connectivity index (χ3n) is 1.45. The molecule has 0 radical (unpaired) electrons. The van der Waals surface area contributed by atoms with Gasteiger partial charge in [-0.05, 0) is 26.1 Å². The van der Waals surface area contributed by atoms with Crippen LogP contribution in [0.1, 0.15) is 12.0 Å². The van der Waals surface area contributed by atoms with Crippen molar-refractivity contribution in [3.63, 3.8) is 0 Å². The summed E-state index contributed by atoms with van der Waals surface area (Å²) in [6.07, 6.45) is 6.02. The summed E-state index contributed by atoms with van der Waals surface area (Å²) in [5.41, 5.74) is 1.15. The Morgan fingerprint density at radius 3 is 2.40 bits per heavy atom. The van der Waals surface area contributed by atoms with Crippen molar-refractivity contribution < 1.29 is 4.79 Å². The summed E-state index contributed by atoms with van der Waals surface area (Å²) in [6, 6.07) is 9.97. The summed E-state index contributed by atoms with van der Waals surface area (Å²) in [5.74, 6) is 1.73. The van der Waals surface area contributed by atoms with Crippen LogP contribution in [-0.4, -0.2) is 20.0 Å². The Morgan fingerprint density at radius 2 is 1.87 bits per heavy atom. The lowest BCUT2D eigenvalue weighted by atomic mass is 10.2. The van der Waals surface area contributed by atoms with E-state index in [0.717, 1.165) is 5.56 Å². The number of rotatable bonds is 3. The Balaban J connectivity index is 0.000000583. The lowest BCUT2D eigenvalue weighted by Gasteiger charge is -1.88. The lowest BCUT2D eigenvalue weighted by Crippen LogP contribution is -1.89. The van der Waals surface area contributed by atoms with Crippen LogP contribution in [0.5, 0.6) is 0 Å². The molecule has 0 saturated heterocycles. The molecule has 0 heterocycles. The van der Waals surface area contributed by atoms with Crippen molar-refractivity contribution in [1.82, 2.24) is 5.32 Å². The van der Waals surface area contributed by atoms with Gasteiger partial charge in [-0.15, -0.1) is 0 Å². The fourth-order valence-corrected chi connectivity index (χ4v) is 0.884. The van der Waals surface area contributed by atoms with Gasteiger partial charge in [-0.3, -0.25) is 0 Å². The fourth-order valence-electron chi connectivity index (χ4n) is 0.884. The number of carbonyl (C=O) groups excluding carboxylic acids is 1. The van der Waals surface area contributed by atoms with Gasteiger partial charge in [0.25, 0.3) is 0 Å². The highest BCUT2D eigenvalue weighted by Crippen LogP contribution is 2.01. The molecule has 0 aliphatic rings. The average Bonchev–Trinajstić information content (AvgIpc) is 2.27. The SMILES string of the molecule is CNC.O=C=CCC=Cc1ccccc1. The maximum Gasteiger partial charge on any atom is 0.120 e. The molecular weight excluding hydrogens is 186 g/mol. The monoisotopic (exact) mass is 203 g/mol. The molecule has 1 aromatic carbocycles. The third kappa shape index (κ3) is 8.69. The summed E-state index contributed by atoms with van der Waals surface area (Å²) in [5, 5.41) is 2.75. The van der Waals surface area contributed by atoms with Crippen LogP contribution in [0.3, 0.4) is 0 Å². The maximum absolute atomic E-state index is 9.80. The van der Waals surface area contributed by atoms with Gasteiger partial charge in [0.1, 0.15) is 5.94 Å². The normalized spacial score (nSPS) is 8.93. The second kappa shape index (κ2) is 10.5. The third-order valence-corrected chi connectivity index (χ3v) is 1.45. The fraction of sp³-hybridized carbons (Fsp3) is 0.231. The summed E-state index contributed by atoms with van der Waals surface area (Å²) >= 11 is 0. The first-order chi connectivity index (χ1) is 7.35. The molecule has 0 amide bonds. The Kier molecular flexibility index (Phi) is 9.32. The van der Waals surface area contributed by atoms with E-state index in [-0.39, 0.29) is 0 Å². The van der Waals surface area contributed by atoms with Gasteiger partial charge in [0, 0.05) is 6.08 Å². The van der Waals surface area contributed by atoms with Crippen LogP contribution in [0.15, 0.2) is 42.5 Å². The van der Waals surface area contributed by atoms with Crippen molar-refractivity contribution in [3.05, 3.63) is 48.0 Å². The van der Waals surface area contributed by atoms with E-state index in [1.807, 2.05) is 56.6 Å². The molecule has 0 atom stereocenters. The van der Waals surface area contributed by atoms with Crippen LogP contribution in [0.2, 0.25) is 0 Å². The number of benzene rings is 1. The standard InChI is InChI=1S/C11H10O.C2H7N/c12-10-6-2-5-9-11-7-3-1-4-8-11;1-3-2/h1,3-9H,2H2;3H,1-2H3. The van der Waals surface area contributed by atoms with Crippen LogP contribution in [0.4, 0.5) is 0 Å². The predicted molar refractivity (Wildman–Crippen MR) is 65.3 cm³/mol. The molecule has 0 bridgehead atoms. The molecule has 80 valence electrons. The Labute approximate surface area is 91.3 Å². The number of nitrogens with one attached hydrogen (secondary N) is 1. The highest BCUT2D eigenvalue weighted by Gasteiger charge is 1.80. The molecule has 0 aromatic heterocycles. The summed E-state index contributed by atoms with van der Waals surface area (Å²) < 4.78 is 0. The summed E-state index contributed by atoms with van der Waals surface area (Å²) in [4.78, 5) is 9.80. The molecule has 0 aliphatic carbocycles. The Bertz CT molecular complexity index is 311. The molecule has 0 unspecified atom stereocenters. The molecule has 15 heavy (non-hydrogen) atoms. The van der Waals surface area contributed by atoms with E-state index in [9.17, 15) is 4.79 Å². The van der Waals surface area contributed by atoms with Crippen LogP contribution in [0.25, 0.3) is 6.08 Å². The zero-order valence-corrected chi connectivity index (χ0v) is 9.23. The average molecular weight is 203 g/mol. The highest BCUT2D eigenvalue weighted by molar-refractivity contribution is 5.51. The van der Waals surface area contributed by atoms with Crippen molar-refractivity contribution >= 4 is 12.0 Å². The minimum absolute atomic E-state index is 0.651. The maximum atomic E-state index is 9.80. The quantitative estimate of drug-likeness (QED) is 0.764. The van der Waals surface area contributed by atoms with E-state index in [1.54, 1.807) is 5.94 Å². The van der Waals surface area contributed by atoms with E-state index in [0.29, 0.717) is 6.42 Å². The smallest absolute Gasteiger partial charge is 0.120 e. The van der Waals surface area contributed by atoms with Crippen molar-refractivity contribution in [2.45, 2.75) is 6.42 Å². The van der Waals surface area contributed by atoms with Crippen molar-refractivity contribution in [2.75, 3.05) is 14.1 Å². The minimum Gasteiger partial charge on any atom is -0.323 e. The zero-order chi connectivity index (χ0) is 11.4. The zero-order valence-electron chi connectivity index (χ0n) is 9.23. The van der Waals surface area contributed by atoms with Crippen molar-refractivity contribution in [2.24, 2.45) is 0 Å². The van der Waals surface area contributed by atoms with Crippen LogP contribution >= 0.6 is 0 Å². The van der Waals surface area contributed by atoms with Gasteiger partial charge in [0.2, 0.25) is 0 Å². The van der Waals surface area contributed by atoms with E-state index < -0.39 is 0 Å². The molecule has 2 nitrogen and oxygen atoms in total. The first-order valence-corrected chi connectivity index (χ1v) is 4.84. The summed E-state index contributed by atoms with van der Waals surface area (Å²) in [7, 11) is 3.75. The second-order valence-corrected chi connectivity index (χ2v) is 2.87. The molecule has 0 spiro atoms. The predicted octanol–water partition coefficient (Wildman–Crippen LogP) is 2.31. The molecule has 0 fully saturated rings. The van der Waals surface area contributed by atoms with Crippen LogP contribution in [0, 0.1) is 0 Å². The van der Waals surface area contributed by atoms with Crippen LogP contribution in [-0.2, 0) is 4.79 Å². The van der Waals surface area contributed by atoms with E-state index in [2.05, 4.69) is 5.32 Å². The molecular formula is C13H17NO. The van der Waals surface area contributed by atoms with Gasteiger partial charge in [-0.1, -0.05) is 42.5 Å². The Morgan fingerprint density at radius 1 is 1.27 bits per heavy atom. The number of hydrogen-bond donors (Lipinski definition) is 1. The van der Waals surface area contributed by atoms with Gasteiger partial charge in [0.15, 0.2) is 0 Å². The van der Waals surface area contributed by atoms with E-state index in [1.165, 1.54) is 6.08 Å². The van der Waals surface area contributed by atoms with Crippen molar-refractivity contribution in [1.29, 1.82) is 0 Å². The molecule has 2 heteroatoms. The van der Waals surface area contributed by atoms with Gasteiger partial charge in [0.05, 0.1) is 0 Å². The van der Waals surface area contributed by atoms with Crippen LogP contribution < -0.4 is 5.32 Å². The molecule has 1 aromatic rings. The molecule has 0 aliphatic heterocycles.